The van der Waals surface area contributed by atoms with Gasteiger partial charge in [0.1, 0.15) is 0 Å². The van der Waals surface area contributed by atoms with Crippen molar-refractivity contribution in [3.63, 3.8) is 0 Å². The average molecular weight is 528 g/mol. The number of thiazole rings is 1. The van der Waals surface area contributed by atoms with Crippen molar-refractivity contribution in [2.75, 3.05) is 10.2 Å². The number of non-ortho nitro benzene ring substituents is 1. The summed E-state index contributed by atoms with van der Waals surface area (Å²) in [5.41, 5.74) is 5.60. The number of anilines is 2. The van der Waals surface area contributed by atoms with Crippen molar-refractivity contribution >= 4 is 66.5 Å². The first-order valence-corrected chi connectivity index (χ1v) is 10.8. The third-order valence-corrected chi connectivity index (χ3v) is 6.17. The molecule has 0 saturated heterocycles. The van der Waals surface area contributed by atoms with Gasteiger partial charge < -0.3 is 0 Å². The second-order valence-electron chi connectivity index (χ2n) is 6.41. The van der Waals surface area contributed by atoms with Crippen LogP contribution in [-0.4, -0.2) is 15.7 Å². The SMILES string of the molecule is O=[N+]([O-])c1cccc(N2NC(c3ccc(I)cc3)=NN2c2nc3ccccc3s2)c1. The molecule has 3 aromatic carbocycles. The first-order valence-electron chi connectivity index (χ1n) is 8.90. The zero-order valence-electron chi connectivity index (χ0n) is 15.3. The first kappa shape index (κ1) is 18.8. The highest BCUT2D eigenvalue weighted by atomic mass is 127. The predicted molar refractivity (Wildman–Crippen MR) is 127 cm³/mol. The molecule has 1 aliphatic rings. The molecular weight excluding hydrogens is 515 g/mol. The van der Waals surface area contributed by atoms with Gasteiger partial charge in [0.25, 0.3) is 5.69 Å². The van der Waals surface area contributed by atoms with Gasteiger partial charge in [-0.3, -0.25) is 15.5 Å². The highest BCUT2D eigenvalue weighted by Crippen LogP contribution is 2.33. The van der Waals surface area contributed by atoms with E-state index in [0.29, 0.717) is 16.7 Å². The van der Waals surface area contributed by atoms with Gasteiger partial charge in [0.15, 0.2) is 5.84 Å². The van der Waals surface area contributed by atoms with Crippen molar-refractivity contribution in [3.8, 4) is 0 Å². The van der Waals surface area contributed by atoms with Crippen molar-refractivity contribution in [3.05, 3.63) is 92.0 Å². The fourth-order valence-corrected chi connectivity index (χ4v) is 4.29. The van der Waals surface area contributed by atoms with Gasteiger partial charge in [0, 0.05) is 21.3 Å². The number of hydrazine groups is 2. The normalized spacial score (nSPS) is 13.4. The minimum atomic E-state index is -0.414. The van der Waals surface area contributed by atoms with Crippen LogP contribution in [0.2, 0.25) is 0 Å². The summed E-state index contributed by atoms with van der Waals surface area (Å²) in [6.07, 6.45) is 0. The van der Waals surface area contributed by atoms with Crippen LogP contribution >= 0.6 is 33.9 Å². The molecule has 0 spiro atoms. The van der Waals surface area contributed by atoms with Crippen LogP contribution in [-0.2, 0) is 0 Å². The summed E-state index contributed by atoms with van der Waals surface area (Å²) in [4.78, 5) is 15.5. The Bertz CT molecular complexity index is 1260. The standard InChI is InChI=1S/C20H13IN6O2S/c21-14-10-8-13(9-11-14)19-23-25(15-4-3-5-16(12-15)27(28)29)26(24-19)20-22-17-6-1-2-7-18(17)30-20/h1-12H,(H,23,24). The average Bonchev–Trinajstić information content (AvgIpc) is 3.39. The van der Waals surface area contributed by atoms with Crippen LogP contribution in [0.25, 0.3) is 10.2 Å². The Labute approximate surface area is 188 Å². The Morgan fingerprint density at radius 1 is 1.03 bits per heavy atom. The lowest BCUT2D eigenvalue weighted by atomic mass is 10.2. The van der Waals surface area contributed by atoms with Gasteiger partial charge in [-0.25, -0.2) is 4.98 Å². The van der Waals surface area contributed by atoms with E-state index in [4.69, 9.17) is 10.1 Å². The smallest absolute Gasteiger partial charge is 0.259 e. The van der Waals surface area contributed by atoms with Crippen molar-refractivity contribution < 1.29 is 4.92 Å². The number of amidine groups is 1. The molecule has 1 N–H and O–H groups in total. The molecule has 0 unspecified atom stereocenters. The number of hydrogen-bond acceptors (Lipinski definition) is 8. The number of nitro benzene ring substituents is 1. The maximum absolute atomic E-state index is 11.3. The Morgan fingerprint density at radius 3 is 2.60 bits per heavy atom. The molecule has 4 aromatic rings. The Morgan fingerprint density at radius 2 is 1.83 bits per heavy atom. The molecule has 30 heavy (non-hydrogen) atoms. The number of hydrogen-bond donors (Lipinski definition) is 1. The number of fused-ring (bicyclic) bond motifs is 1. The van der Waals surface area contributed by atoms with Gasteiger partial charge in [0.05, 0.1) is 20.8 Å². The number of rotatable bonds is 4. The van der Waals surface area contributed by atoms with E-state index in [9.17, 15) is 10.1 Å². The van der Waals surface area contributed by atoms with Gasteiger partial charge in [0.2, 0.25) is 5.13 Å². The van der Waals surface area contributed by atoms with Crippen LogP contribution in [0.4, 0.5) is 16.5 Å². The van der Waals surface area contributed by atoms with E-state index in [2.05, 4.69) is 28.0 Å². The van der Waals surface area contributed by atoms with E-state index < -0.39 is 4.92 Å². The molecule has 0 bridgehead atoms. The molecule has 10 heteroatoms. The number of nitro groups is 1. The number of aromatic nitrogens is 1. The number of benzene rings is 3. The minimum Gasteiger partial charge on any atom is -0.259 e. The summed E-state index contributed by atoms with van der Waals surface area (Å²) < 4.78 is 2.15. The van der Waals surface area contributed by atoms with E-state index >= 15 is 0 Å². The summed E-state index contributed by atoms with van der Waals surface area (Å²) in [5, 5.41) is 19.9. The van der Waals surface area contributed by atoms with E-state index in [0.717, 1.165) is 19.4 Å². The summed E-state index contributed by atoms with van der Waals surface area (Å²) >= 11 is 3.74. The lowest BCUT2D eigenvalue weighted by molar-refractivity contribution is -0.384. The number of para-hydroxylation sites is 1. The molecule has 0 atom stereocenters. The van der Waals surface area contributed by atoms with Crippen molar-refractivity contribution in [2.45, 2.75) is 0 Å². The van der Waals surface area contributed by atoms with E-state index in [1.54, 1.807) is 22.4 Å². The Hall–Kier alpha value is -3.25. The summed E-state index contributed by atoms with van der Waals surface area (Å²) in [6.45, 7) is 0. The van der Waals surface area contributed by atoms with E-state index in [1.807, 2.05) is 48.5 Å². The highest BCUT2D eigenvalue weighted by Gasteiger charge is 2.29. The third kappa shape index (κ3) is 3.44. The lowest BCUT2D eigenvalue weighted by Gasteiger charge is -2.25. The van der Waals surface area contributed by atoms with Gasteiger partial charge >= 0.3 is 0 Å². The summed E-state index contributed by atoms with van der Waals surface area (Å²) in [5.74, 6) is 0.622. The quantitative estimate of drug-likeness (QED) is 0.230. The van der Waals surface area contributed by atoms with Crippen LogP contribution in [0.15, 0.2) is 77.9 Å². The van der Waals surface area contributed by atoms with Crippen LogP contribution in [0.5, 0.6) is 0 Å². The third-order valence-electron chi connectivity index (χ3n) is 4.45. The fraction of sp³-hybridized carbons (Fsp3) is 0. The van der Waals surface area contributed by atoms with E-state index in [1.165, 1.54) is 23.5 Å². The Kier molecular flexibility index (Phi) is 4.71. The molecule has 5 rings (SSSR count). The van der Waals surface area contributed by atoms with Crippen LogP contribution in [0, 0.1) is 13.7 Å². The second kappa shape index (κ2) is 7.54. The maximum Gasteiger partial charge on any atom is 0.271 e. The predicted octanol–water partition coefficient (Wildman–Crippen LogP) is 4.92. The minimum absolute atomic E-state index is 0.00117. The summed E-state index contributed by atoms with van der Waals surface area (Å²) in [7, 11) is 0. The van der Waals surface area contributed by atoms with Gasteiger partial charge in [-0.15, -0.1) is 10.2 Å². The molecule has 0 saturated carbocycles. The fourth-order valence-electron chi connectivity index (χ4n) is 3.03. The summed E-state index contributed by atoms with van der Waals surface area (Å²) in [6, 6.07) is 22.2. The Balaban J connectivity index is 1.60. The maximum atomic E-state index is 11.3. The number of nitrogens with one attached hydrogen (secondary N) is 1. The van der Waals surface area contributed by atoms with Gasteiger partial charge in [-0.05, 0) is 52.9 Å². The van der Waals surface area contributed by atoms with Crippen LogP contribution < -0.4 is 15.7 Å². The zero-order valence-corrected chi connectivity index (χ0v) is 18.2. The topological polar surface area (TPSA) is 86.9 Å². The van der Waals surface area contributed by atoms with Crippen molar-refractivity contribution in [2.24, 2.45) is 5.10 Å². The zero-order chi connectivity index (χ0) is 20.7. The highest BCUT2D eigenvalue weighted by molar-refractivity contribution is 14.1. The molecule has 0 fully saturated rings. The molecular formula is C20H13IN6O2S. The molecule has 0 aliphatic carbocycles. The van der Waals surface area contributed by atoms with Crippen LogP contribution in [0.3, 0.4) is 0 Å². The van der Waals surface area contributed by atoms with Gasteiger partial charge in [-0.2, -0.15) is 5.12 Å². The molecule has 1 aromatic heterocycles. The molecule has 2 heterocycles. The van der Waals surface area contributed by atoms with Crippen molar-refractivity contribution in [1.82, 2.24) is 10.4 Å². The van der Waals surface area contributed by atoms with Crippen molar-refractivity contribution in [1.29, 1.82) is 0 Å². The number of halogens is 1. The number of nitrogens with zero attached hydrogens (tertiary/aromatic N) is 5. The monoisotopic (exact) mass is 528 g/mol. The first-order chi connectivity index (χ1) is 14.6. The molecule has 0 amide bonds. The largest absolute Gasteiger partial charge is 0.271 e. The molecule has 0 radical (unpaired) electrons. The van der Waals surface area contributed by atoms with Gasteiger partial charge in [-0.1, -0.05) is 41.7 Å². The number of hydrazone groups is 1. The lowest BCUT2D eigenvalue weighted by Crippen LogP contribution is -2.44. The van der Waals surface area contributed by atoms with E-state index in [-0.39, 0.29) is 5.69 Å². The molecule has 148 valence electrons. The molecule has 1 aliphatic heterocycles. The molecule has 8 nitrogen and oxygen atoms in total. The van der Waals surface area contributed by atoms with Crippen LogP contribution in [0.1, 0.15) is 5.56 Å². The second-order valence-corrected chi connectivity index (χ2v) is 8.66.